The van der Waals surface area contributed by atoms with E-state index in [0.717, 1.165) is 16.5 Å². The summed E-state index contributed by atoms with van der Waals surface area (Å²) in [7, 11) is 0. The predicted octanol–water partition coefficient (Wildman–Crippen LogP) is -3.88. The molecule has 0 spiro atoms. The van der Waals surface area contributed by atoms with E-state index in [1.165, 1.54) is 65.2 Å². The summed E-state index contributed by atoms with van der Waals surface area (Å²) in [5, 5.41) is 46.8. The standard InChI is InChI=1S/C92H148N24O21S/c1-49(100-77(123)51(3)102-79(125)53(5)104-81(127)55(7)106-88(134)70-29-28-60-48-138-61-43-71(91(137)116(60)70)115(47-61)72(117)44-73(118)119)75(121)99-50(2)76(122)101-52(4)78(124)103-54(6)80(126)105-56(8)82(128)112-69(45-92(9,10)11)90(136)114-40-32-58(33-41-114)89(135)113-38-30-57(31-39-113)83(129)107-64(24-14-18-34-93)84(130)108-65(25-15-19-35-94)85(131)109-66(26-16-20-36-95)86(132)110-67(27-17-21-37-96)87(133)111-68(74(97)120)42-59-46-98-63-23-13-12-22-62(59)63/h12-13,22-23,46,49-58,60-61,64-71,98H,14-21,24-45,47-48,93-96H2,1-11H3,(H2,97,120)(H,99,121)(H,100,123)(H,101,122)(H,102,125)(H,103,124)(H,104,127)(H,105,126)(H,106,134)(H,107,129)(H,108,130)(H,109,131)(H,110,132)(H,111,133)(H,112,128)(H,118,119)/t49-,50-,51-,52-,53-,54-,55-,56-,60?,61+,64-,65-,66-,67-,68-,69-,70-,71+/m0/s1. The number of unbranched alkanes of at least 4 members (excludes halogenated alkanes) is 4. The van der Waals surface area contributed by atoms with Crippen LogP contribution in [0.15, 0.2) is 30.5 Å². The van der Waals surface area contributed by atoms with Gasteiger partial charge in [0.05, 0.1) is 0 Å². The topological polar surface area (TPSA) is 689 Å². The number of para-hydroxylation sites is 1. The van der Waals surface area contributed by atoms with Gasteiger partial charge in [-0.2, -0.15) is 11.8 Å². The number of carboxylic acid groups (broad SMARTS) is 1. The third-order valence-electron chi connectivity index (χ3n) is 25.6. The van der Waals surface area contributed by atoms with E-state index in [1.807, 2.05) is 45.0 Å². The Morgan fingerprint density at radius 3 is 1.23 bits per heavy atom. The van der Waals surface area contributed by atoms with Crippen LogP contribution in [-0.4, -0.2) is 321 Å². The number of thioether (sulfide) groups is 1. The molecule has 46 heteroatoms. The molecule has 2 bridgehead atoms. The average molecular weight is 1960 g/mol. The number of carbonyl (C=O) groups is 20. The number of aromatic amines is 1. The first-order valence-electron chi connectivity index (χ1n) is 48.2. The predicted molar refractivity (Wildman–Crippen MR) is 510 cm³/mol. The monoisotopic (exact) mass is 1960 g/mol. The number of benzene rings is 1. The number of likely N-dealkylation sites (tertiary alicyclic amines) is 3. The minimum Gasteiger partial charge on any atom is -0.481 e. The number of carboxylic acids is 1. The molecule has 5 saturated heterocycles. The molecule has 0 saturated carbocycles. The van der Waals surface area contributed by atoms with E-state index in [-0.39, 0.29) is 121 Å². The number of primary amides is 1. The summed E-state index contributed by atoms with van der Waals surface area (Å²) >= 11 is 1.55. The van der Waals surface area contributed by atoms with Crippen molar-refractivity contribution in [3.8, 4) is 0 Å². The molecule has 18 atom stereocenters. The number of hydrogen-bond acceptors (Lipinski definition) is 25. The molecule has 5 fully saturated rings. The number of H-pyrrole nitrogens is 1. The minimum absolute atomic E-state index is 0.0579. The number of aliphatic carboxylic acids is 1. The maximum absolute atomic E-state index is 14.5. The molecule has 0 radical (unpaired) electrons. The molecule has 7 rings (SSSR count). The number of nitrogens with one attached hydrogen (secondary N) is 15. The van der Waals surface area contributed by atoms with Crippen LogP contribution in [0.3, 0.4) is 0 Å². The number of amides is 19. The Bertz CT molecular complexity index is 4610. The zero-order valence-corrected chi connectivity index (χ0v) is 82.1. The van der Waals surface area contributed by atoms with E-state index in [0.29, 0.717) is 95.9 Å². The van der Waals surface area contributed by atoms with Gasteiger partial charge in [0, 0.05) is 85.1 Å². The van der Waals surface area contributed by atoms with Gasteiger partial charge >= 0.3 is 5.97 Å². The van der Waals surface area contributed by atoms with Crippen molar-refractivity contribution >= 4 is 141 Å². The van der Waals surface area contributed by atoms with Crippen molar-refractivity contribution in [2.75, 3.05) is 64.7 Å². The summed E-state index contributed by atoms with van der Waals surface area (Å²) in [4.78, 5) is 281. The fourth-order valence-corrected chi connectivity index (χ4v) is 18.8. The van der Waals surface area contributed by atoms with Gasteiger partial charge in [0.2, 0.25) is 112 Å². The fraction of sp³-hybridized carbons (Fsp3) is 0.696. The zero-order chi connectivity index (χ0) is 102. The van der Waals surface area contributed by atoms with Crippen molar-refractivity contribution in [2.45, 2.75) is 325 Å². The molecule has 138 heavy (non-hydrogen) atoms. The molecule has 2 aromatic rings. The maximum Gasteiger partial charge on any atom is 0.312 e. The van der Waals surface area contributed by atoms with E-state index >= 15 is 0 Å². The van der Waals surface area contributed by atoms with Gasteiger partial charge in [-0.3, -0.25) is 95.9 Å². The second-order valence-electron chi connectivity index (χ2n) is 38.1. The highest BCUT2D eigenvalue weighted by Gasteiger charge is 2.51. The van der Waals surface area contributed by atoms with Crippen LogP contribution in [-0.2, 0) is 102 Å². The lowest BCUT2D eigenvalue weighted by molar-refractivity contribution is -0.151. The summed E-state index contributed by atoms with van der Waals surface area (Å²) in [6, 6.07) is -11.9. The van der Waals surface area contributed by atoms with Crippen LogP contribution in [0.4, 0.5) is 0 Å². The number of fused-ring (bicyclic) bond motifs is 4. The Balaban J connectivity index is 0.822. The number of nitrogens with zero attached hydrogens (tertiary/aromatic N) is 4. The molecule has 768 valence electrons. The number of hydrogen-bond donors (Lipinski definition) is 21. The second-order valence-corrected chi connectivity index (χ2v) is 39.4. The maximum atomic E-state index is 14.5. The van der Waals surface area contributed by atoms with Crippen LogP contribution < -0.4 is 103 Å². The summed E-state index contributed by atoms with van der Waals surface area (Å²) in [5.41, 5.74) is 30.3. The normalized spacial score (nSPS) is 19.8. The quantitative estimate of drug-likeness (QED) is 0.0222. The molecule has 5 aliphatic heterocycles. The van der Waals surface area contributed by atoms with E-state index < -0.39 is 233 Å². The Morgan fingerprint density at radius 2 is 0.826 bits per heavy atom. The molecule has 45 nitrogen and oxygen atoms in total. The van der Waals surface area contributed by atoms with E-state index in [2.05, 4.69) is 79.4 Å². The Morgan fingerprint density at radius 1 is 0.449 bits per heavy atom. The van der Waals surface area contributed by atoms with Crippen LogP contribution in [0.1, 0.15) is 217 Å². The lowest BCUT2D eigenvalue weighted by Gasteiger charge is -2.38. The molecule has 6 heterocycles. The first-order valence-corrected chi connectivity index (χ1v) is 49.3. The third-order valence-corrected chi connectivity index (χ3v) is 27.0. The number of piperidine rings is 2. The number of rotatable bonds is 52. The van der Waals surface area contributed by atoms with Crippen molar-refractivity contribution in [2.24, 2.45) is 45.9 Å². The molecule has 1 unspecified atom stereocenters. The van der Waals surface area contributed by atoms with Gasteiger partial charge in [0.15, 0.2) is 0 Å². The molecule has 1 aromatic carbocycles. The number of aromatic nitrogens is 1. The highest BCUT2D eigenvalue weighted by molar-refractivity contribution is 8.00. The fourth-order valence-electron chi connectivity index (χ4n) is 17.4. The van der Waals surface area contributed by atoms with Gasteiger partial charge in [0.1, 0.15) is 103 Å². The highest BCUT2D eigenvalue weighted by atomic mass is 32.2. The summed E-state index contributed by atoms with van der Waals surface area (Å²) in [6.07, 6.45) is 7.52. The molecular formula is C92H148N24O21S. The lowest BCUT2D eigenvalue weighted by atomic mass is 9.86. The molecule has 26 N–H and O–H groups in total. The van der Waals surface area contributed by atoms with Gasteiger partial charge < -0.3 is 133 Å². The zero-order valence-electron chi connectivity index (χ0n) is 81.3. The Kier molecular flexibility index (Phi) is 44.9. The Hall–Kier alpha value is -11.7. The first-order chi connectivity index (χ1) is 65.3. The molecule has 19 amide bonds. The number of nitrogens with two attached hydrogens (primary N) is 5. The van der Waals surface area contributed by atoms with Crippen molar-refractivity contribution in [3.05, 3.63) is 36.0 Å². The Labute approximate surface area is 809 Å². The van der Waals surface area contributed by atoms with Crippen LogP contribution >= 0.6 is 11.8 Å². The van der Waals surface area contributed by atoms with Crippen LogP contribution in [0.2, 0.25) is 0 Å². The minimum atomic E-state index is -1.33. The smallest absolute Gasteiger partial charge is 0.312 e. The lowest BCUT2D eigenvalue weighted by Crippen LogP contribution is -2.59. The van der Waals surface area contributed by atoms with E-state index in [1.54, 1.807) is 27.8 Å². The molecular weight excluding hydrogens is 1810 g/mol. The molecule has 5 aliphatic rings. The van der Waals surface area contributed by atoms with Crippen LogP contribution in [0.25, 0.3) is 10.9 Å². The largest absolute Gasteiger partial charge is 0.481 e. The van der Waals surface area contributed by atoms with Crippen molar-refractivity contribution < 1.29 is 101 Å². The van der Waals surface area contributed by atoms with Crippen molar-refractivity contribution in [1.29, 1.82) is 0 Å². The van der Waals surface area contributed by atoms with E-state index in [4.69, 9.17) is 28.7 Å². The number of carbonyl (C=O) groups excluding carboxylic acids is 19. The second kappa shape index (κ2) is 54.6. The van der Waals surface area contributed by atoms with Crippen molar-refractivity contribution in [3.63, 3.8) is 0 Å². The third kappa shape index (κ3) is 34.2. The van der Waals surface area contributed by atoms with Gasteiger partial charge in [0.25, 0.3) is 0 Å². The van der Waals surface area contributed by atoms with Gasteiger partial charge in [-0.25, -0.2) is 0 Å². The van der Waals surface area contributed by atoms with Gasteiger partial charge in [-0.05, 0) is 227 Å². The molecule has 1 aromatic heterocycles. The van der Waals surface area contributed by atoms with Gasteiger partial charge in [-0.1, -0.05) is 39.0 Å². The van der Waals surface area contributed by atoms with Crippen LogP contribution in [0.5, 0.6) is 0 Å². The average Bonchev–Trinajstić information content (AvgIpc) is 1.62. The summed E-state index contributed by atoms with van der Waals surface area (Å²) in [5.74, 6) is -14.7. The highest BCUT2D eigenvalue weighted by Crippen LogP contribution is 2.39. The molecule has 0 aliphatic carbocycles. The first kappa shape index (κ1) is 113. The van der Waals surface area contributed by atoms with Gasteiger partial charge in [-0.15, -0.1) is 0 Å². The summed E-state index contributed by atoms with van der Waals surface area (Å²) < 4.78 is 0. The summed E-state index contributed by atoms with van der Waals surface area (Å²) in [6.45, 7) is 18.5. The SMILES string of the molecule is C[C@H](NC(=O)[C@H](C)NC(=O)[C@H](C)NC(=O)[C@H](C)NC(=O)[C@H](C)NC(=O)[C@@H]1CCC2CS[C@@H]3C[C@H](C(=O)N21)N(C(=O)CC(=O)O)C3)C(=O)N[C@@H](C)C(=O)N[C@@H](C)C(=O)N[C@@H](C)C(=O)N[C@@H](CC(C)(C)C)C(=O)N1CCC(C(=O)N2CCC(C(=O)N[C@@H](CCCCN)C(=O)N[C@@H](CCCCN)C(=O)N[C@@H](CCCCN)C(=O)N[C@@H](CCCCN)C(=O)N[C@@H](Cc3c[nH]c4ccccc34)C(N)=O)CC2)CC1. The van der Waals surface area contributed by atoms with Crippen molar-refractivity contribution in [1.82, 2.24) is 99.0 Å². The van der Waals surface area contributed by atoms with Crippen LogP contribution in [0, 0.1) is 17.3 Å². The van der Waals surface area contributed by atoms with E-state index in [9.17, 15) is 101 Å².